The molecular formula is C10H9ClN4O3. The average Bonchev–Trinajstić information content (AvgIpc) is 2.74. The molecular weight excluding hydrogens is 260 g/mol. The summed E-state index contributed by atoms with van der Waals surface area (Å²) in [5.41, 5.74) is -0.203. The molecule has 2 rings (SSSR count). The van der Waals surface area contributed by atoms with E-state index in [4.69, 9.17) is 21.2 Å². The normalized spacial score (nSPS) is 10.3. The molecule has 2 heterocycles. The van der Waals surface area contributed by atoms with Gasteiger partial charge in [-0.05, 0) is 12.1 Å². The number of aromatic nitrogens is 3. The Hall–Kier alpha value is -2.15. The molecule has 94 valence electrons. The van der Waals surface area contributed by atoms with E-state index in [-0.39, 0.29) is 17.3 Å². The quantitative estimate of drug-likeness (QED) is 0.871. The third-order valence-electron chi connectivity index (χ3n) is 2.05. The monoisotopic (exact) mass is 268 g/mol. The molecule has 0 saturated heterocycles. The largest absolute Gasteiger partial charge is 0.476 e. The fraction of sp³-hybridized carbons (Fsp3) is 0.200. The molecule has 2 aromatic heterocycles. The van der Waals surface area contributed by atoms with Crippen LogP contribution in [0.4, 0.5) is 5.82 Å². The predicted molar refractivity (Wildman–Crippen MR) is 62.6 cm³/mol. The number of hydrogen-bond donors (Lipinski definition) is 2. The number of aryl methyl sites for hydroxylation is 1. The van der Waals surface area contributed by atoms with E-state index in [0.29, 0.717) is 17.5 Å². The lowest BCUT2D eigenvalue weighted by molar-refractivity contribution is 0.0691. The van der Waals surface area contributed by atoms with E-state index in [9.17, 15) is 4.79 Å². The smallest absolute Gasteiger partial charge is 0.356 e. The summed E-state index contributed by atoms with van der Waals surface area (Å²) >= 11 is 5.70. The van der Waals surface area contributed by atoms with Crippen LogP contribution in [0.2, 0.25) is 5.02 Å². The van der Waals surface area contributed by atoms with E-state index >= 15 is 0 Å². The van der Waals surface area contributed by atoms with Crippen LogP contribution in [0.3, 0.4) is 0 Å². The summed E-state index contributed by atoms with van der Waals surface area (Å²) in [4.78, 5) is 18.7. The van der Waals surface area contributed by atoms with Gasteiger partial charge in [-0.15, -0.1) is 0 Å². The van der Waals surface area contributed by atoms with Gasteiger partial charge in [0.05, 0.1) is 11.6 Å². The highest BCUT2D eigenvalue weighted by Crippen LogP contribution is 2.16. The van der Waals surface area contributed by atoms with E-state index in [2.05, 4.69) is 20.4 Å². The summed E-state index contributed by atoms with van der Waals surface area (Å²) in [5, 5.41) is 15.5. The third-order valence-corrected chi connectivity index (χ3v) is 2.35. The summed E-state index contributed by atoms with van der Waals surface area (Å²) in [6.45, 7) is 1.96. The summed E-state index contributed by atoms with van der Waals surface area (Å²) < 4.78 is 4.80. The number of hydrogen-bond acceptors (Lipinski definition) is 6. The molecule has 0 bridgehead atoms. The van der Waals surface area contributed by atoms with E-state index in [1.807, 2.05) is 0 Å². The van der Waals surface area contributed by atoms with Crippen LogP contribution >= 0.6 is 11.6 Å². The van der Waals surface area contributed by atoms with Gasteiger partial charge in [0, 0.05) is 6.92 Å². The first-order valence-electron chi connectivity index (χ1n) is 4.99. The molecule has 0 aliphatic heterocycles. The van der Waals surface area contributed by atoms with E-state index in [1.54, 1.807) is 13.0 Å². The van der Waals surface area contributed by atoms with E-state index in [0.717, 1.165) is 0 Å². The lowest BCUT2D eigenvalue weighted by Crippen LogP contribution is -2.07. The van der Waals surface area contributed by atoms with Gasteiger partial charge in [-0.25, -0.2) is 9.78 Å². The van der Waals surface area contributed by atoms with Crippen LogP contribution in [0, 0.1) is 6.92 Å². The molecule has 8 heteroatoms. The second kappa shape index (κ2) is 5.01. The maximum absolute atomic E-state index is 10.8. The number of rotatable bonds is 4. The number of nitrogens with zero attached hydrogens (tertiary/aromatic N) is 3. The summed E-state index contributed by atoms with van der Waals surface area (Å²) in [6.07, 6.45) is 0. The SMILES string of the molecule is Cc1nc(CNc2ccc(Cl)c(C(=O)O)n2)no1. The van der Waals surface area contributed by atoms with Crippen molar-refractivity contribution >= 4 is 23.4 Å². The highest BCUT2D eigenvalue weighted by molar-refractivity contribution is 6.33. The summed E-state index contributed by atoms with van der Waals surface area (Å²) in [6, 6.07) is 3.03. The van der Waals surface area contributed by atoms with Crippen molar-refractivity contribution in [2.75, 3.05) is 5.32 Å². The Morgan fingerprint density at radius 1 is 1.50 bits per heavy atom. The minimum atomic E-state index is -1.18. The maximum atomic E-state index is 10.8. The van der Waals surface area contributed by atoms with Crippen molar-refractivity contribution in [3.8, 4) is 0 Å². The number of halogens is 1. The van der Waals surface area contributed by atoms with Crippen LogP contribution in [0.25, 0.3) is 0 Å². The van der Waals surface area contributed by atoms with Crippen molar-refractivity contribution < 1.29 is 14.4 Å². The number of carboxylic acid groups (broad SMARTS) is 1. The minimum Gasteiger partial charge on any atom is -0.476 e. The molecule has 2 aromatic rings. The first-order chi connectivity index (χ1) is 8.56. The lowest BCUT2D eigenvalue weighted by atomic mass is 10.3. The number of nitrogens with one attached hydrogen (secondary N) is 1. The molecule has 0 spiro atoms. The van der Waals surface area contributed by atoms with Gasteiger partial charge in [-0.3, -0.25) is 0 Å². The lowest BCUT2D eigenvalue weighted by Gasteiger charge is -2.04. The Morgan fingerprint density at radius 2 is 2.28 bits per heavy atom. The van der Waals surface area contributed by atoms with Crippen molar-refractivity contribution in [3.05, 3.63) is 34.6 Å². The number of aromatic carboxylic acids is 1. The van der Waals surface area contributed by atoms with E-state index < -0.39 is 5.97 Å². The number of carboxylic acids is 1. The molecule has 0 aliphatic rings. The van der Waals surface area contributed by atoms with Crippen LogP contribution < -0.4 is 5.32 Å². The fourth-order valence-electron chi connectivity index (χ4n) is 1.27. The molecule has 7 nitrogen and oxygen atoms in total. The molecule has 2 N–H and O–H groups in total. The molecule has 0 atom stereocenters. The van der Waals surface area contributed by atoms with Gasteiger partial charge in [-0.1, -0.05) is 16.8 Å². The predicted octanol–water partition coefficient (Wildman–Crippen LogP) is 1.74. The third kappa shape index (κ3) is 2.75. The molecule has 0 unspecified atom stereocenters. The molecule has 18 heavy (non-hydrogen) atoms. The number of pyridine rings is 1. The van der Waals surface area contributed by atoms with Crippen LogP contribution in [0.5, 0.6) is 0 Å². The van der Waals surface area contributed by atoms with Crippen LogP contribution in [-0.2, 0) is 6.54 Å². The fourth-order valence-corrected chi connectivity index (χ4v) is 1.46. The van der Waals surface area contributed by atoms with Gasteiger partial charge in [0.15, 0.2) is 11.5 Å². The number of carbonyl (C=O) groups is 1. The Balaban J connectivity index is 2.10. The highest BCUT2D eigenvalue weighted by atomic mass is 35.5. The van der Waals surface area contributed by atoms with Crippen LogP contribution in [0.1, 0.15) is 22.2 Å². The second-order valence-electron chi connectivity index (χ2n) is 3.42. The van der Waals surface area contributed by atoms with Crippen LogP contribution in [-0.4, -0.2) is 26.2 Å². The Bertz CT molecular complexity index is 584. The Morgan fingerprint density at radius 3 is 2.89 bits per heavy atom. The number of anilines is 1. The molecule has 0 aliphatic carbocycles. The summed E-state index contributed by atoms with van der Waals surface area (Å²) in [5.74, 6) is 0.113. The van der Waals surface area contributed by atoms with Crippen molar-refractivity contribution in [2.45, 2.75) is 13.5 Å². The zero-order valence-corrected chi connectivity index (χ0v) is 10.1. The zero-order chi connectivity index (χ0) is 13.1. The molecule has 0 amide bonds. The van der Waals surface area contributed by atoms with Gasteiger partial charge >= 0.3 is 5.97 Å². The van der Waals surface area contributed by atoms with Gasteiger partial charge < -0.3 is 14.9 Å². The van der Waals surface area contributed by atoms with Gasteiger partial charge in [0.25, 0.3) is 0 Å². The average molecular weight is 269 g/mol. The van der Waals surface area contributed by atoms with Crippen molar-refractivity contribution in [1.82, 2.24) is 15.1 Å². The minimum absolute atomic E-state index is 0.0865. The standard InChI is InChI=1S/C10H9ClN4O3/c1-5-13-8(15-18-5)4-12-7-3-2-6(11)9(14-7)10(16)17/h2-3H,4H2,1H3,(H,12,14)(H,16,17). The zero-order valence-electron chi connectivity index (χ0n) is 9.35. The molecule has 0 fully saturated rings. The molecule has 0 radical (unpaired) electrons. The second-order valence-corrected chi connectivity index (χ2v) is 3.82. The van der Waals surface area contributed by atoms with Gasteiger partial charge in [0.2, 0.25) is 5.89 Å². The first kappa shape index (κ1) is 12.3. The van der Waals surface area contributed by atoms with Crippen LogP contribution in [0.15, 0.2) is 16.7 Å². The van der Waals surface area contributed by atoms with Crippen molar-refractivity contribution in [1.29, 1.82) is 0 Å². The first-order valence-corrected chi connectivity index (χ1v) is 5.37. The van der Waals surface area contributed by atoms with Gasteiger partial charge in [0.1, 0.15) is 5.82 Å². The van der Waals surface area contributed by atoms with Crippen molar-refractivity contribution in [3.63, 3.8) is 0 Å². The van der Waals surface area contributed by atoms with E-state index in [1.165, 1.54) is 6.07 Å². The highest BCUT2D eigenvalue weighted by Gasteiger charge is 2.11. The molecule has 0 saturated carbocycles. The maximum Gasteiger partial charge on any atom is 0.356 e. The Labute approximate surface area is 107 Å². The summed E-state index contributed by atoms with van der Waals surface area (Å²) in [7, 11) is 0. The Kier molecular flexibility index (Phi) is 3.42. The topological polar surface area (TPSA) is 101 Å². The van der Waals surface area contributed by atoms with Gasteiger partial charge in [-0.2, -0.15) is 4.98 Å². The molecule has 0 aromatic carbocycles. The van der Waals surface area contributed by atoms with Crippen molar-refractivity contribution in [2.24, 2.45) is 0 Å².